The number of hydrogen-bond donors (Lipinski definition) is 1. The molecule has 1 aliphatic carbocycles. The van der Waals surface area contributed by atoms with Gasteiger partial charge in [-0.2, -0.15) is 13.2 Å². The second kappa shape index (κ2) is 5.12. The van der Waals surface area contributed by atoms with Gasteiger partial charge in [0.15, 0.2) is 0 Å². The van der Waals surface area contributed by atoms with Crippen molar-refractivity contribution in [2.45, 2.75) is 44.8 Å². The van der Waals surface area contributed by atoms with Crippen LogP contribution in [0, 0.1) is 5.41 Å². The smallest absolute Gasteiger partial charge is 0.312 e. The number of aromatic nitrogens is 1. The number of hydrogen-bond acceptors (Lipinski definition) is 2. The number of rotatable bonds is 3. The highest BCUT2D eigenvalue weighted by molar-refractivity contribution is 5.31. The Morgan fingerprint density at radius 3 is 2.47 bits per heavy atom. The molecule has 1 heterocycles. The molecule has 1 aromatic heterocycles. The third-order valence-electron chi connectivity index (χ3n) is 4.20. The summed E-state index contributed by atoms with van der Waals surface area (Å²) >= 11 is 0. The SMILES string of the molecule is CNC(c1cnccc1C(F)(F)F)C1(C)CCCC1. The maximum atomic E-state index is 13.1. The van der Waals surface area contributed by atoms with Gasteiger partial charge in [0, 0.05) is 24.0 Å². The Bertz CT molecular complexity index is 437. The number of nitrogens with one attached hydrogen (secondary N) is 1. The predicted octanol–water partition coefficient (Wildman–Crippen LogP) is 3.94. The molecule has 0 spiro atoms. The Kier molecular flexibility index (Phi) is 3.85. The largest absolute Gasteiger partial charge is 0.416 e. The lowest BCUT2D eigenvalue weighted by molar-refractivity contribution is -0.138. The quantitative estimate of drug-likeness (QED) is 0.901. The van der Waals surface area contributed by atoms with Crippen LogP contribution in [0.1, 0.15) is 49.8 Å². The van der Waals surface area contributed by atoms with Crippen LogP contribution in [0.2, 0.25) is 0 Å². The number of alkyl halides is 3. The van der Waals surface area contributed by atoms with Crippen LogP contribution in [0.5, 0.6) is 0 Å². The standard InChI is InChI=1S/C14H19F3N2/c1-13(6-3-4-7-13)12(18-2)10-9-19-8-5-11(10)14(15,16)17/h5,8-9,12,18H,3-4,6-7H2,1-2H3. The maximum absolute atomic E-state index is 13.1. The van der Waals surface area contributed by atoms with Crippen molar-refractivity contribution in [2.24, 2.45) is 5.41 Å². The van der Waals surface area contributed by atoms with Gasteiger partial charge >= 0.3 is 6.18 Å². The van der Waals surface area contributed by atoms with Gasteiger partial charge in [-0.1, -0.05) is 19.8 Å². The van der Waals surface area contributed by atoms with E-state index in [-0.39, 0.29) is 17.0 Å². The van der Waals surface area contributed by atoms with Gasteiger partial charge in [0.2, 0.25) is 0 Å². The monoisotopic (exact) mass is 272 g/mol. The summed E-state index contributed by atoms with van der Waals surface area (Å²) in [5, 5.41) is 3.07. The normalized spacial score (nSPS) is 20.5. The van der Waals surface area contributed by atoms with Crippen LogP contribution >= 0.6 is 0 Å². The Balaban J connectivity index is 2.44. The predicted molar refractivity (Wildman–Crippen MR) is 67.6 cm³/mol. The molecule has 0 saturated heterocycles. The van der Waals surface area contributed by atoms with Gasteiger partial charge in [-0.3, -0.25) is 4.98 Å². The summed E-state index contributed by atoms with van der Waals surface area (Å²) in [6.07, 6.45) is 2.29. The summed E-state index contributed by atoms with van der Waals surface area (Å²) in [5.41, 5.74) is -0.436. The van der Waals surface area contributed by atoms with E-state index in [1.165, 1.54) is 12.4 Å². The van der Waals surface area contributed by atoms with Gasteiger partial charge < -0.3 is 5.32 Å². The number of pyridine rings is 1. The first-order chi connectivity index (χ1) is 8.88. The van der Waals surface area contributed by atoms with E-state index in [1.54, 1.807) is 7.05 Å². The minimum Gasteiger partial charge on any atom is -0.312 e. The highest BCUT2D eigenvalue weighted by Crippen LogP contribution is 2.49. The molecule has 2 rings (SSSR count). The van der Waals surface area contributed by atoms with Gasteiger partial charge in [0.05, 0.1) is 5.56 Å². The fraction of sp³-hybridized carbons (Fsp3) is 0.643. The first-order valence-electron chi connectivity index (χ1n) is 6.57. The molecule has 0 aromatic carbocycles. The molecule has 0 radical (unpaired) electrons. The Labute approximate surface area is 111 Å². The fourth-order valence-electron chi connectivity index (χ4n) is 3.25. The second-order valence-corrected chi connectivity index (χ2v) is 5.54. The molecular weight excluding hydrogens is 253 g/mol. The minimum atomic E-state index is -4.33. The topological polar surface area (TPSA) is 24.9 Å². The van der Waals surface area contributed by atoms with Crippen molar-refractivity contribution in [1.29, 1.82) is 0 Å². The molecule has 0 aliphatic heterocycles. The summed E-state index contributed by atoms with van der Waals surface area (Å²) in [6, 6.07) is 0.762. The van der Waals surface area contributed by atoms with Gasteiger partial charge in [0.25, 0.3) is 0 Å². The molecule has 5 heteroatoms. The molecule has 1 aliphatic rings. The zero-order valence-corrected chi connectivity index (χ0v) is 11.2. The Morgan fingerprint density at radius 1 is 1.32 bits per heavy atom. The lowest BCUT2D eigenvalue weighted by atomic mass is 9.76. The molecule has 1 fully saturated rings. The minimum absolute atomic E-state index is 0.127. The van der Waals surface area contributed by atoms with Crippen molar-refractivity contribution in [1.82, 2.24) is 10.3 Å². The molecule has 2 nitrogen and oxygen atoms in total. The van der Waals surface area contributed by atoms with Crippen molar-refractivity contribution in [3.8, 4) is 0 Å². The van der Waals surface area contributed by atoms with Crippen molar-refractivity contribution in [3.63, 3.8) is 0 Å². The first kappa shape index (κ1) is 14.3. The third-order valence-corrected chi connectivity index (χ3v) is 4.20. The van der Waals surface area contributed by atoms with E-state index in [1.807, 2.05) is 0 Å². The molecule has 1 aromatic rings. The Hall–Kier alpha value is -1.10. The van der Waals surface area contributed by atoms with Gasteiger partial charge in [-0.25, -0.2) is 0 Å². The first-order valence-corrected chi connectivity index (χ1v) is 6.57. The van der Waals surface area contributed by atoms with E-state index in [0.717, 1.165) is 31.7 Å². The molecule has 106 valence electrons. The molecule has 19 heavy (non-hydrogen) atoms. The summed E-state index contributed by atoms with van der Waals surface area (Å²) < 4.78 is 39.3. The van der Waals surface area contributed by atoms with Crippen LogP contribution in [0.25, 0.3) is 0 Å². The zero-order chi connectivity index (χ0) is 14.1. The van der Waals surface area contributed by atoms with Crippen LogP contribution in [0.4, 0.5) is 13.2 Å². The second-order valence-electron chi connectivity index (χ2n) is 5.54. The van der Waals surface area contributed by atoms with Crippen LogP contribution in [-0.2, 0) is 6.18 Å². The number of halogens is 3. The molecule has 1 atom stereocenters. The highest BCUT2D eigenvalue weighted by atomic mass is 19.4. The van der Waals surface area contributed by atoms with Crippen molar-refractivity contribution in [3.05, 3.63) is 29.6 Å². The average molecular weight is 272 g/mol. The molecule has 0 bridgehead atoms. The van der Waals surface area contributed by atoms with Crippen LogP contribution in [0.15, 0.2) is 18.5 Å². The fourth-order valence-corrected chi connectivity index (χ4v) is 3.25. The molecular formula is C14H19F3N2. The Morgan fingerprint density at radius 2 is 1.95 bits per heavy atom. The van der Waals surface area contributed by atoms with E-state index in [0.29, 0.717) is 0 Å². The van der Waals surface area contributed by atoms with E-state index < -0.39 is 11.7 Å². The van der Waals surface area contributed by atoms with Crippen molar-refractivity contribution < 1.29 is 13.2 Å². The van der Waals surface area contributed by atoms with E-state index >= 15 is 0 Å². The number of nitrogens with zero attached hydrogens (tertiary/aromatic N) is 1. The van der Waals surface area contributed by atoms with Crippen LogP contribution < -0.4 is 5.32 Å². The van der Waals surface area contributed by atoms with Crippen LogP contribution in [-0.4, -0.2) is 12.0 Å². The summed E-state index contributed by atoms with van der Waals surface area (Å²) in [6.45, 7) is 2.06. The lowest BCUT2D eigenvalue weighted by Gasteiger charge is -2.35. The highest BCUT2D eigenvalue weighted by Gasteiger charge is 2.42. The summed E-state index contributed by atoms with van der Waals surface area (Å²) in [7, 11) is 1.72. The molecule has 1 N–H and O–H groups in total. The maximum Gasteiger partial charge on any atom is 0.416 e. The van der Waals surface area contributed by atoms with E-state index in [9.17, 15) is 13.2 Å². The van der Waals surface area contributed by atoms with Crippen LogP contribution in [0.3, 0.4) is 0 Å². The van der Waals surface area contributed by atoms with Crippen molar-refractivity contribution in [2.75, 3.05) is 7.05 Å². The van der Waals surface area contributed by atoms with E-state index in [2.05, 4.69) is 17.2 Å². The van der Waals surface area contributed by atoms with Gasteiger partial charge in [0.1, 0.15) is 0 Å². The summed E-state index contributed by atoms with van der Waals surface area (Å²) in [5.74, 6) is 0. The van der Waals surface area contributed by atoms with Gasteiger partial charge in [-0.05, 0) is 31.4 Å². The summed E-state index contributed by atoms with van der Waals surface area (Å²) in [4.78, 5) is 3.89. The lowest BCUT2D eigenvalue weighted by Crippen LogP contribution is -2.34. The van der Waals surface area contributed by atoms with Gasteiger partial charge in [-0.15, -0.1) is 0 Å². The van der Waals surface area contributed by atoms with E-state index in [4.69, 9.17) is 0 Å². The molecule has 1 saturated carbocycles. The zero-order valence-electron chi connectivity index (χ0n) is 11.2. The molecule has 1 unspecified atom stereocenters. The average Bonchev–Trinajstić information content (AvgIpc) is 2.77. The molecule has 0 amide bonds. The van der Waals surface area contributed by atoms with Crippen molar-refractivity contribution >= 4 is 0 Å². The third kappa shape index (κ3) is 2.76.